The molecule has 0 saturated heterocycles. The molecule has 13 heavy (non-hydrogen) atoms. The first-order chi connectivity index (χ1) is 6.14. The van der Waals surface area contributed by atoms with Crippen molar-refractivity contribution >= 4 is 10.0 Å². The second-order valence-corrected chi connectivity index (χ2v) is 5.04. The van der Waals surface area contributed by atoms with Crippen LogP contribution in [-0.2, 0) is 10.0 Å². The molecule has 1 fully saturated rings. The molecule has 0 aromatic rings. The van der Waals surface area contributed by atoms with E-state index in [1.54, 1.807) is 6.92 Å². The Morgan fingerprint density at radius 1 is 1.38 bits per heavy atom. The molecule has 0 radical (unpaired) electrons. The summed E-state index contributed by atoms with van der Waals surface area (Å²) in [5, 5.41) is 0. The van der Waals surface area contributed by atoms with Crippen LogP contribution < -0.4 is 4.72 Å². The van der Waals surface area contributed by atoms with Crippen LogP contribution in [0.4, 0.5) is 0 Å². The normalized spacial score (nSPS) is 18.2. The van der Waals surface area contributed by atoms with Gasteiger partial charge in [-0.1, -0.05) is 18.8 Å². The molecule has 1 saturated carbocycles. The Kier molecular flexibility index (Phi) is 3.76. The van der Waals surface area contributed by atoms with Crippen LogP contribution in [0.25, 0.3) is 0 Å². The van der Waals surface area contributed by atoms with Crippen LogP contribution in [0.2, 0.25) is 0 Å². The summed E-state index contributed by atoms with van der Waals surface area (Å²) in [5.74, 6) is 5.07. The quantitative estimate of drug-likeness (QED) is 0.689. The highest BCUT2D eigenvalue weighted by molar-refractivity contribution is 7.89. The molecule has 1 aliphatic carbocycles. The second-order valence-electron chi connectivity index (χ2n) is 3.29. The van der Waals surface area contributed by atoms with Gasteiger partial charge >= 0.3 is 0 Å². The molecular formula is C9H15NO2S. The van der Waals surface area contributed by atoms with E-state index >= 15 is 0 Å². The van der Waals surface area contributed by atoms with Crippen molar-refractivity contribution in [2.45, 2.75) is 38.6 Å². The van der Waals surface area contributed by atoms with Crippen molar-refractivity contribution in [3.05, 3.63) is 0 Å². The third-order valence-electron chi connectivity index (χ3n) is 2.14. The molecule has 1 rings (SSSR count). The van der Waals surface area contributed by atoms with Gasteiger partial charge in [-0.2, -0.15) is 0 Å². The second kappa shape index (κ2) is 4.64. The molecule has 0 aliphatic heterocycles. The summed E-state index contributed by atoms with van der Waals surface area (Å²) in [6.07, 6.45) is 4.21. The summed E-state index contributed by atoms with van der Waals surface area (Å²) >= 11 is 0. The topological polar surface area (TPSA) is 46.2 Å². The molecule has 0 spiro atoms. The monoisotopic (exact) mass is 201 g/mol. The van der Waals surface area contributed by atoms with Crippen molar-refractivity contribution in [3.63, 3.8) is 0 Å². The van der Waals surface area contributed by atoms with Gasteiger partial charge in [0.05, 0.1) is 0 Å². The van der Waals surface area contributed by atoms with Gasteiger partial charge in [0.25, 0.3) is 0 Å². The lowest BCUT2D eigenvalue weighted by atomic mass is 10.3. The lowest BCUT2D eigenvalue weighted by molar-refractivity contribution is 0.555. The van der Waals surface area contributed by atoms with E-state index in [4.69, 9.17) is 0 Å². The Labute approximate surface area is 80.0 Å². The van der Waals surface area contributed by atoms with Crippen molar-refractivity contribution in [1.82, 2.24) is 4.72 Å². The predicted octanol–water partition coefficient (Wildman–Crippen LogP) is 0.872. The molecule has 0 atom stereocenters. The zero-order valence-electron chi connectivity index (χ0n) is 7.84. The van der Waals surface area contributed by atoms with Crippen molar-refractivity contribution in [2.75, 3.05) is 5.75 Å². The van der Waals surface area contributed by atoms with Crippen LogP contribution in [0.1, 0.15) is 32.6 Å². The smallest absolute Gasteiger partial charge is 0.211 e. The molecule has 4 heteroatoms. The molecule has 0 amide bonds. The van der Waals surface area contributed by atoms with Gasteiger partial charge in [-0.15, -0.1) is 5.92 Å². The van der Waals surface area contributed by atoms with E-state index in [2.05, 4.69) is 16.6 Å². The highest BCUT2D eigenvalue weighted by Gasteiger charge is 2.20. The first kappa shape index (κ1) is 10.6. The lowest BCUT2D eigenvalue weighted by Crippen LogP contribution is -2.34. The largest absolute Gasteiger partial charge is 0.223 e. The fourth-order valence-corrected chi connectivity index (χ4v) is 2.67. The Bertz CT molecular complexity index is 304. The number of rotatable bonds is 3. The van der Waals surface area contributed by atoms with Crippen molar-refractivity contribution < 1.29 is 8.42 Å². The molecular weight excluding hydrogens is 186 g/mol. The summed E-state index contributed by atoms with van der Waals surface area (Å²) in [4.78, 5) is 0. The van der Waals surface area contributed by atoms with Crippen LogP contribution in [0.15, 0.2) is 0 Å². The fourth-order valence-electron chi connectivity index (χ4n) is 1.51. The summed E-state index contributed by atoms with van der Waals surface area (Å²) in [5.41, 5.74) is 0. The number of hydrogen-bond donors (Lipinski definition) is 1. The van der Waals surface area contributed by atoms with E-state index in [1.807, 2.05) is 0 Å². The fraction of sp³-hybridized carbons (Fsp3) is 0.778. The highest BCUT2D eigenvalue weighted by atomic mass is 32.2. The summed E-state index contributed by atoms with van der Waals surface area (Å²) in [6.45, 7) is 1.64. The summed E-state index contributed by atoms with van der Waals surface area (Å²) < 4.78 is 25.3. The van der Waals surface area contributed by atoms with E-state index in [9.17, 15) is 8.42 Å². The zero-order valence-corrected chi connectivity index (χ0v) is 8.65. The molecule has 1 aliphatic rings. The number of hydrogen-bond acceptors (Lipinski definition) is 2. The van der Waals surface area contributed by atoms with Crippen LogP contribution in [0.3, 0.4) is 0 Å². The van der Waals surface area contributed by atoms with Gasteiger partial charge in [0.1, 0.15) is 5.75 Å². The molecule has 0 bridgehead atoms. The molecule has 3 nitrogen and oxygen atoms in total. The Hall–Kier alpha value is -0.530. The van der Waals surface area contributed by atoms with Crippen LogP contribution in [0.5, 0.6) is 0 Å². The maximum atomic E-state index is 11.3. The van der Waals surface area contributed by atoms with Crippen molar-refractivity contribution in [3.8, 4) is 11.8 Å². The van der Waals surface area contributed by atoms with E-state index in [0.717, 1.165) is 25.7 Å². The first-order valence-corrected chi connectivity index (χ1v) is 6.19. The number of nitrogens with one attached hydrogen (secondary N) is 1. The van der Waals surface area contributed by atoms with E-state index < -0.39 is 10.0 Å². The number of sulfonamides is 1. The highest BCUT2D eigenvalue weighted by Crippen LogP contribution is 2.18. The molecule has 74 valence electrons. The zero-order chi connectivity index (χ0) is 9.73. The summed E-state index contributed by atoms with van der Waals surface area (Å²) in [7, 11) is -3.15. The molecule has 0 aromatic heterocycles. The Morgan fingerprint density at radius 2 is 2.00 bits per heavy atom. The maximum absolute atomic E-state index is 11.3. The standard InChI is InChI=1S/C9H15NO2S/c1-2-3-8-13(11,12)10-9-6-4-5-7-9/h9-10H,4-8H2,1H3. The Morgan fingerprint density at radius 3 is 2.54 bits per heavy atom. The van der Waals surface area contributed by atoms with E-state index in [-0.39, 0.29) is 11.8 Å². The van der Waals surface area contributed by atoms with E-state index in [0.29, 0.717) is 0 Å². The average molecular weight is 201 g/mol. The van der Waals surface area contributed by atoms with Crippen molar-refractivity contribution in [1.29, 1.82) is 0 Å². The third kappa shape index (κ3) is 3.79. The minimum Gasteiger partial charge on any atom is -0.211 e. The molecule has 1 N–H and O–H groups in total. The Balaban J connectivity index is 2.44. The molecule has 0 heterocycles. The first-order valence-electron chi connectivity index (χ1n) is 4.53. The SMILES string of the molecule is CC#CCS(=O)(=O)NC1CCCC1. The minimum absolute atomic E-state index is 0.0694. The van der Waals surface area contributed by atoms with Gasteiger partial charge < -0.3 is 0 Å². The molecule has 0 unspecified atom stereocenters. The van der Waals surface area contributed by atoms with Gasteiger partial charge in [0.2, 0.25) is 10.0 Å². The van der Waals surface area contributed by atoms with E-state index in [1.165, 1.54) is 0 Å². The summed E-state index contributed by atoms with van der Waals surface area (Å²) in [6, 6.07) is 0.156. The lowest BCUT2D eigenvalue weighted by Gasteiger charge is -2.09. The van der Waals surface area contributed by atoms with Gasteiger partial charge in [0.15, 0.2) is 0 Å². The predicted molar refractivity (Wildman–Crippen MR) is 52.6 cm³/mol. The van der Waals surface area contributed by atoms with Crippen LogP contribution in [0, 0.1) is 11.8 Å². The van der Waals surface area contributed by atoms with Gasteiger partial charge in [0, 0.05) is 6.04 Å². The maximum Gasteiger partial charge on any atom is 0.223 e. The average Bonchev–Trinajstić information content (AvgIpc) is 2.52. The minimum atomic E-state index is -3.15. The van der Waals surface area contributed by atoms with Crippen molar-refractivity contribution in [2.24, 2.45) is 0 Å². The molecule has 0 aromatic carbocycles. The third-order valence-corrected chi connectivity index (χ3v) is 3.36. The van der Waals surface area contributed by atoms with Crippen LogP contribution in [-0.4, -0.2) is 20.2 Å². The van der Waals surface area contributed by atoms with Gasteiger partial charge in [-0.3, -0.25) is 0 Å². The van der Waals surface area contributed by atoms with Crippen LogP contribution >= 0.6 is 0 Å². The van der Waals surface area contributed by atoms with Gasteiger partial charge in [-0.05, 0) is 19.8 Å². The van der Waals surface area contributed by atoms with Gasteiger partial charge in [-0.25, -0.2) is 13.1 Å².